The Balaban J connectivity index is 1.34. The highest BCUT2D eigenvalue weighted by molar-refractivity contribution is 5.96. The Kier molecular flexibility index (Phi) is 8.95. The van der Waals surface area contributed by atoms with Gasteiger partial charge < -0.3 is 24.6 Å². The van der Waals surface area contributed by atoms with Crippen molar-refractivity contribution in [2.75, 3.05) is 52.5 Å². The van der Waals surface area contributed by atoms with Gasteiger partial charge in [-0.05, 0) is 36.3 Å². The molecule has 3 fully saturated rings. The molecule has 5 rings (SSSR count). The van der Waals surface area contributed by atoms with E-state index in [9.17, 15) is 14.4 Å². The highest BCUT2D eigenvalue weighted by atomic mass is 16.5. The molecule has 10 nitrogen and oxygen atoms in total. The second-order valence-corrected chi connectivity index (χ2v) is 13.1. The maximum Gasteiger partial charge on any atom is 0.257 e. The van der Waals surface area contributed by atoms with Crippen LogP contribution in [0.4, 0.5) is 0 Å². The molecule has 0 aromatic carbocycles. The predicted molar refractivity (Wildman–Crippen MR) is 150 cm³/mol. The Morgan fingerprint density at radius 2 is 1.90 bits per heavy atom. The molecule has 10 heteroatoms. The van der Waals surface area contributed by atoms with Gasteiger partial charge in [0.2, 0.25) is 17.7 Å². The molecule has 1 aliphatic carbocycles. The highest BCUT2D eigenvalue weighted by Gasteiger charge is 2.39. The molecule has 0 bridgehead atoms. The zero-order valence-corrected chi connectivity index (χ0v) is 24.3. The maximum atomic E-state index is 13.5. The lowest BCUT2D eigenvalue weighted by Gasteiger charge is -2.42. The quantitative estimate of drug-likeness (QED) is 0.611. The van der Waals surface area contributed by atoms with E-state index in [1.807, 2.05) is 25.7 Å². The number of fused-ring (bicyclic) bond motifs is 3. The minimum absolute atomic E-state index is 0.0635. The van der Waals surface area contributed by atoms with Crippen molar-refractivity contribution >= 4 is 17.7 Å². The van der Waals surface area contributed by atoms with E-state index in [4.69, 9.17) is 9.47 Å². The number of piperazine rings is 1. The van der Waals surface area contributed by atoms with E-state index in [-0.39, 0.29) is 60.4 Å². The molecule has 1 N–H and O–H groups in total. The molecule has 3 atom stereocenters. The Labute approximate surface area is 237 Å². The summed E-state index contributed by atoms with van der Waals surface area (Å²) in [5.41, 5.74) is 0.235. The van der Waals surface area contributed by atoms with Gasteiger partial charge in [0.15, 0.2) is 0 Å². The Bertz CT molecular complexity index is 1070. The van der Waals surface area contributed by atoms with E-state index >= 15 is 0 Å². The van der Waals surface area contributed by atoms with Gasteiger partial charge in [0.25, 0.3) is 5.91 Å². The van der Waals surface area contributed by atoms with Crippen LogP contribution in [0.5, 0.6) is 5.88 Å². The van der Waals surface area contributed by atoms with Gasteiger partial charge in [-0.2, -0.15) is 0 Å². The van der Waals surface area contributed by atoms with Crippen LogP contribution in [0.15, 0.2) is 18.3 Å². The number of likely N-dealkylation sites (tertiary alicyclic amines) is 1. The SMILES string of the molecule is CC(C)(C)CC(=O)N1CCN2C(=O)CO[C@H]3CN(CC4CCCCC4)C[C@H]3NC(=O)c3cccnc3OC[C@@H]2C1. The van der Waals surface area contributed by atoms with E-state index < -0.39 is 0 Å². The molecule has 0 radical (unpaired) electrons. The Morgan fingerprint density at radius 3 is 2.67 bits per heavy atom. The standard InChI is InChI=1S/C30H45N5O5/c1-30(2,3)14-26(36)34-12-13-35-22(16-34)19-40-29-23(10-7-11-31-29)28(38)32-24-17-33(15-21-8-5-4-6-9-21)18-25(24)39-20-27(35)37/h7,10-11,21-22,24-25H,4-6,8-9,12-20H2,1-3H3,(H,32,38)/t22-,24+,25-/m0/s1. The van der Waals surface area contributed by atoms with Gasteiger partial charge in [0.05, 0.1) is 18.2 Å². The summed E-state index contributed by atoms with van der Waals surface area (Å²) < 4.78 is 12.3. The maximum absolute atomic E-state index is 13.5. The second-order valence-electron chi connectivity index (χ2n) is 13.1. The Morgan fingerprint density at radius 1 is 1.10 bits per heavy atom. The number of ether oxygens (including phenoxy) is 2. The van der Waals surface area contributed by atoms with Crippen molar-refractivity contribution in [1.29, 1.82) is 0 Å². The molecular formula is C30H45N5O5. The molecule has 2 saturated heterocycles. The molecule has 1 saturated carbocycles. The summed E-state index contributed by atoms with van der Waals surface area (Å²) in [6.45, 7) is 9.84. The van der Waals surface area contributed by atoms with Crippen LogP contribution in [0.3, 0.4) is 0 Å². The van der Waals surface area contributed by atoms with Crippen molar-refractivity contribution in [2.24, 2.45) is 11.3 Å². The topological polar surface area (TPSA) is 104 Å². The minimum atomic E-state index is -0.366. The number of hydrogen-bond acceptors (Lipinski definition) is 7. The fraction of sp³-hybridized carbons (Fsp3) is 0.733. The van der Waals surface area contributed by atoms with E-state index in [0.717, 1.165) is 6.54 Å². The van der Waals surface area contributed by atoms with Gasteiger partial charge in [-0.15, -0.1) is 0 Å². The van der Waals surface area contributed by atoms with Gasteiger partial charge in [-0.3, -0.25) is 19.3 Å². The second kappa shape index (κ2) is 12.4. The zero-order chi connectivity index (χ0) is 28.3. The highest BCUT2D eigenvalue weighted by Crippen LogP contribution is 2.27. The lowest BCUT2D eigenvalue weighted by atomic mass is 9.89. The largest absolute Gasteiger partial charge is 0.475 e. The van der Waals surface area contributed by atoms with Crippen molar-refractivity contribution in [1.82, 2.24) is 25.0 Å². The molecule has 4 heterocycles. The molecule has 1 aromatic heterocycles. The number of nitrogens with one attached hydrogen (secondary N) is 1. The van der Waals surface area contributed by atoms with Crippen LogP contribution < -0.4 is 10.1 Å². The van der Waals surface area contributed by atoms with E-state index in [2.05, 4.69) is 15.2 Å². The average Bonchev–Trinajstić information content (AvgIpc) is 3.30. The summed E-state index contributed by atoms with van der Waals surface area (Å²) in [5.74, 6) is 0.609. The van der Waals surface area contributed by atoms with Gasteiger partial charge in [0.1, 0.15) is 18.8 Å². The molecule has 3 amide bonds. The molecule has 4 aliphatic rings. The molecule has 220 valence electrons. The lowest BCUT2D eigenvalue weighted by molar-refractivity contribution is -0.149. The third-order valence-corrected chi connectivity index (χ3v) is 8.59. The van der Waals surface area contributed by atoms with Crippen LogP contribution >= 0.6 is 0 Å². The first-order valence-corrected chi connectivity index (χ1v) is 15.0. The third-order valence-electron chi connectivity index (χ3n) is 8.59. The summed E-state index contributed by atoms with van der Waals surface area (Å²) in [6, 6.07) is 2.83. The average molecular weight is 556 g/mol. The summed E-state index contributed by atoms with van der Waals surface area (Å²) in [6.07, 6.45) is 8.13. The number of carbonyl (C=O) groups excluding carboxylic acids is 3. The van der Waals surface area contributed by atoms with Gasteiger partial charge in [-0.25, -0.2) is 4.98 Å². The first-order valence-electron chi connectivity index (χ1n) is 15.0. The van der Waals surface area contributed by atoms with E-state index in [1.54, 1.807) is 23.2 Å². The van der Waals surface area contributed by atoms with Crippen molar-refractivity contribution in [3.8, 4) is 5.88 Å². The zero-order valence-electron chi connectivity index (χ0n) is 24.3. The molecule has 40 heavy (non-hydrogen) atoms. The normalized spacial score (nSPS) is 27.3. The molecule has 0 spiro atoms. The summed E-state index contributed by atoms with van der Waals surface area (Å²) in [7, 11) is 0. The number of pyridine rings is 1. The lowest BCUT2D eigenvalue weighted by Crippen LogP contribution is -2.59. The van der Waals surface area contributed by atoms with Crippen LogP contribution in [0, 0.1) is 11.3 Å². The third kappa shape index (κ3) is 7.13. The van der Waals surface area contributed by atoms with E-state index in [0.29, 0.717) is 50.6 Å². The number of nitrogens with zero attached hydrogens (tertiary/aromatic N) is 4. The number of aromatic nitrogens is 1. The smallest absolute Gasteiger partial charge is 0.257 e. The number of rotatable bonds is 3. The Hall–Kier alpha value is -2.72. The minimum Gasteiger partial charge on any atom is -0.475 e. The van der Waals surface area contributed by atoms with Crippen molar-refractivity contribution in [3.05, 3.63) is 23.9 Å². The van der Waals surface area contributed by atoms with Gasteiger partial charge in [-0.1, -0.05) is 40.0 Å². The molecule has 3 aliphatic heterocycles. The first kappa shape index (κ1) is 28.8. The monoisotopic (exact) mass is 555 g/mol. The van der Waals surface area contributed by atoms with Crippen LogP contribution in [0.1, 0.15) is 69.7 Å². The van der Waals surface area contributed by atoms with Gasteiger partial charge in [0, 0.05) is 51.9 Å². The fourth-order valence-corrected chi connectivity index (χ4v) is 6.52. The number of amides is 3. The van der Waals surface area contributed by atoms with Crippen LogP contribution in [0.2, 0.25) is 0 Å². The van der Waals surface area contributed by atoms with Crippen LogP contribution in [-0.2, 0) is 14.3 Å². The molecule has 1 aromatic rings. The summed E-state index contributed by atoms with van der Waals surface area (Å²) in [5, 5.41) is 3.16. The van der Waals surface area contributed by atoms with Crippen molar-refractivity contribution < 1.29 is 23.9 Å². The van der Waals surface area contributed by atoms with Gasteiger partial charge >= 0.3 is 0 Å². The van der Waals surface area contributed by atoms with E-state index in [1.165, 1.54) is 32.1 Å². The summed E-state index contributed by atoms with van der Waals surface area (Å²) in [4.78, 5) is 50.3. The van der Waals surface area contributed by atoms with Crippen molar-refractivity contribution in [3.63, 3.8) is 0 Å². The fourth-order valence-electron chi connectivity index (χ4n) is 6.52. The predicted octanol–water partition coefficient (Wildman–Crippen LogP) is 2.33. The van der Waals surface area contributed by atoms with Crippen LogP contribution in [0.25, 0.3) is 0 Å². The first-order chi connectivity index (χ1) is 19.2. The van der Waals surface area contributed by atoms with Crippen molar-refractivity contribution in [2.45, 2.75) is 77.5 Å². The number of carbonyl (C=O) groups is 3. The van der Waals surface area contributed by atoms with Crippen LogP contribution in [-0.4, -0.2) is 108 Å². The summed E-state index contributed by atoms with van der Waals surface area (Å²) >= 11 is 0. The number of hydrogen-bond donors (Lipinski definition) is 1. The molecule has 0 unspecified atom stereocenters. The molecular weight excluding hydrogens is 510 g/mol.